The van der Waals surface area contributed by atoms with E-state index in [0.29, 0.717) is 37.2 Å². The molecule has 3 amide bonds. The second kappa shape index (κ2) is 8.89. The summed E-state index contributed by atoms with van der Waals surface area (Å²) < 4.78 is 38.8. The third kappa shape index (κ3) is 4.21. The van der Waals surface area contributed by atoms with Crippen molar-refractivity contribution in [1.29, 1.82) is 0 Å². The summed E-state index contributed by atoms with van der Waals surface area (Å²) in [6, 6.07) is 8.62. The van der Waals surface area contributed by atoms with Crippen LogP contribution in [-0.4, -0.2) is 64.7 Å². The van der Waals surface area contributed by atoms with E-state index in [9.17, 15) is 27.6 Å². The van der Waals surface area contributed by atoms with Crippen molar-refractivity contribution in [3.8, 4) is 0 Å². The number of carbonyl (C=O) groups excluding carboxylic acids is 3. The highest BCUT2D eigenvalue weighted by Gasteiger charge is 2.53. The van der Waals surface area contributed by atoms with E-state index in [1.54, 1.807) is 41.4 Å². The zero-order chi connectivity index (χ0) is 26.5. The average Bonchev–Trinajstić information content (AvgIpc) is 3.41. The number of rotatable bonds is 4. The Labute approximate surface area is 210 Å². The van der Waals surface area contributed by atoms with E-state index in [0.717, 1.165) is 29.0 Å². The fourth-order valence-electron chi connectivity index (χ4n) is 5.46. The van der Waals surface area contributed by atoms with Crippen LogP contribution in [0.5, 0.6) is 0 Å². The van der Waals surface area contributed by atoms with Crippen LogP contribution >= 0.6 is 0 Å². The van der Waals surface area contributed by atoms with Gasteiger partial charge in [-0.2, -0.15) is 18.3 Å². The largest absolute Gasteiger partial charge is 0.408 e. The zero-order valence-electron chi connectivity index (χ0n) is 20.4. The van der Waals surface area contributed by atoms with Gasteiger partial charge in [0, 0.05) is 29.7 Å². The van der Waals surface area contributed by atoms with Gasteiger partial charge in [-0.15, -0.1) is 0 Å². The number of amides is 3. The van der Waals surface area contributed by atoms with E-state index in [4.69, 9.17) is 0 Å². The molecule has 0 aliphatic carbocycles. The highest BCUT2D eigenvalue weighted by Crippen LogP contribution is 2.49. The SMILES string of the molecule is Cc1cccc2c1C1(CCN(C(=O)c3ccc4[nH]ncc4c3)CC1)C(=O)N2CC(=O)NC(C)C(F)(F)F. The third-order valence-electron chi connectivity index (χ3n) is 7.44. The van der Waals surface area contributed by atoms with Crippen molar-refractivity contribution in [1.82, 2.24) is 20.4 Å². The molecule has 37 heavy (non-hydrogen) atoms. The zero-order valence-corrected chi connectivity index (χ0v) is 20.4. The molecule has 3 heterocycles. The minimum absolute atomic E-state index is 0.147. The lowest BCUT2D eigenvalue weighted by molar-refractivity contribution is -0.157. The molecular formula is C26H26F3N5O3. The van der Waals surface area contributed by atoms with Crippen LogP contribution in [0.1, 0.15) is 41.3 Å². The molecule has 0 radical (unpaired) electrons. The Morgan fingerprint density at radius 1 is 1.19 bits per heavy atom. The van der Waals surface area contributed by atoms with Crippen LogP contribution < -0.4 is 10.2 Å². The molecule has 1 unspecified atom stereocenters. The lowest BCUT2D eigenvalue weighted by Gasteiger charge is -2.39. The molecule has 1 atom stereocenters. The molecule has 8 nitrogen and oxygen atoms in total. The number of aromatic amines is 1. The normalized spacial score (nSPS) is 17.8. The van der Waals surface area contributed by atoms with Crippen molar-refractivity contribution >= 4 is 34.3 Å². The van der Waals surface area contributed by atoms with Crippen molar-refractivity contribution in [3.63, 3.8) is 0 Å². The van der Waals surface area contributed by atoms with Gasteiger partial charge in [-0.05, 0) is 62.1 Å². The maximum absolute atomic E-state index is 13.8. The van der Waals surface area contributed by atoms with E-state index in [1.165, 1.54) is 4.90 Å². The molecule has 2 aromatic carbocycles. The summed E-state index contributed by atoms with van der Waals surface area (Å²) in [4.78, 5) is 42.5. The first-order valence-electron chi connectivity index (χ1n) is 12.0. The van der Waals surface area contributed by atoms with Gasteiger partial charge in [0.25, 0.3) is 5.91 Å². The number of H-pyrrole nitrogens is 1. The Morgan fingerprint density at radius 2 is 1.92 bits per heavy atom. The Kier molecular flexibility index (Phi) is 5.96. The summed E-state index contributed by atoms with van der Waals surface area (Å²) in [6.07, 6.45) is -2.24. The number of piperidine rings is 1. The molecule has 0 saturated carbocycles. The summed E-state index contributed by atoms with van der Waals surface area (Å²) in [6.45, 7) is 2.88. The Balaban J connectivity index is 1.36. The van der Waals surface area contributed by atoms with E-state index < -0.39 is 30.1 Å². The molecule has 3 aromatic rings. The minimum atomic E-state index is -4.58. The van der Waals surface area contributed by atoms with E-state index in [1.807, 2.05) is 18.3 Å². The summed E-state index contributed by atoms with van der Waals surface area (Å²) >= 11 is 0. The quantitative estimate of drug-likeness (QED) is 0.558. The standard InChI is InChI=1S/C26H26F3N5O3/c1-15-4-3-5-20-22(15)25(24(37)34(20)14-21(35)31-16(2)26(27,28)29)8-10-33(11-9-25)23(36)17-6-7-19-18(12-17)13-30-32-19/h3-7,12-13,16H,8-11,14H2,1-2H3,(H,30,32)(H,31,35). The van der Waals surface area contributed by atoms with Gasteiger partial charge in [0.15, 0.2) is 0 Å². The Bertz CT molecular complexity index is 1390. The first kappa shape index (κ1) is 24.8. The number of likely N-dealkylation sites (tertiary alicyclic amines) is 1. The number of aryl methyl sites for hydroxylation is 1. The molecule has 1 aromatic heterocycles. The molecule has 5 rings (SSSR count). The van der Waals surface area contributed by atoms with Crippen molar-refractivity contribution in [3.05, 3.63) is 59.3 Å². The van der Waals surface area contributed by atoms with Crippen molar-refractivity contribution < 1.29 is 27.6 Å². The van der Waals surface area contributed by atoms with Gasteiger partial charge < -0.3 is 15.1 Å². The molecule has 1 spiro atoms. The maximum atomic E-state index is 13.8. The van der Waals surface area contributed by atoms with Crippen molar-refractivity contribution in [2.45, 2.75) is 44.3 Å². The average molecular weight is 514 g/mol. The number of hydrogen-bond acceptors (Lipinski definition) is 4. The fourth-order valence-corrected chi connectivity index (χ4v) is 5.46. The van der Waals surface area contributed by atoms with E-state index >= 15 is 0 Å². The summed E-state index contributed by atoms with van der Waals surface area (Å²) in [5, 5.41) is 9.59. The van der Waals surface area contributed by atoms with Crippen LogP contribution in [0.4, 0.5) is 18.9 Å². The molecule has 0 bridgehead atoms. The molecule has 2 aliphatic heterocycles. The Hall–Kier alpha value is -3.89. The van der Waals surface area contributed by atoms with Crippen LogP contribution in [-0.2, 0) is 15.0 Å². The lowest BCUT2D eigenvalue weighted by atomic mass is 9.72. The summed E-state index contributed by atoms with van der Waals surface area (Å²) in [5.74, 6) is -1.35. The second-order valence-corrected chi connectivity index (χ2v) is 9.74. The van der Waals surface area contributed by atoms with Crippen LogP contribution in [0.3, 0.4) is 0 Å². The van der Waals surface area contributed by atoms with Crippen LogP contribution in [0, 0.1) is 6.92 Å². The van der Waals surface area contributed by atoms with Gasteiger partial charge in [0.05, 0.1) is 17.1 Å². The maximum Gasteiger partial charge on any atom is 0.408 e. The number of carbonyl (C=O) groups is 3. The molecule has 11 heteroatoms. The molecular weight excluding hydrogens is 487 g/mol. The molecule has 2 N–H and O–H groups in total. The number of halogens is 3. The van der Waals surface area contributed by atoms with Gasteiger partial charge in [-0.25, -0.2) is 0 Å². The fraction of sp³-hybridized carbons (Fsp3) is 0.385. The number of anilines is 1. The molecule has 1 saturated heterocycles. The van der Waals surface area contributed by atoms with Gasteiger partial charge in [-0.1, -0.05) is 12.1 Å². The number of fused-ring (bicyclic) bond motifs is 3. The van der Waals surface area contributed by atoms with Crippen LogP contribution in [0.25, 0.3) is 10.9 Å². The van der Waals surface area contributed by atoms with Crippen LogP contribution in [0.2, 0.25) is 0 Å². The van der Waals surface area contributed by atoms with Crippen LogP contribution in [0.15, 0.2) is 42.6 Å². The smallest absolute Gasteiger partial charge is 0.343 e. The van der Waals surface area contributed by atoms with Gasteiger partial charge in [-0.3, -0.25) is 19.5 Å². The third-order valence-corrected chi connectivity index (χ3v) is 7.44. The summed E-state index contributed by atoms with van der Waals surface area (Å²) in [7, 11) is 0. The highest BCUT2D eigenvalue weighted by molar-refractivity contribution is 6.11. The first-order valence-corrected chi connectivity index (χ1v) is 12.0. The number of nitrogens with zero attached hydrogens (tertiary/aromatic N) is 3. The number of benzene rings is 2. The monoisotopic (exact) mass is 513 g/mol. The number of aromatic nitrogens is 2. The first-order chi connectivity index (χ1) is 17.5. The van der Waals surface area contributed by atoms with Gasteiger partial charge >= 0.3 is 6.18 Å². The number of hydrogen-bond donors (Lipinski definition) is 2. The van der Waals surface area contributed by atoms with Gasteiger partial charge in [0.2, 0.25) is 11.8 Å². The highest BCUT2D eigenvalue weighted by atomic mass is 19.4. The van der Waals surface area contributed by atoms with E-state index in [-0.39, 0.29) is 11.8 Å². The molecule has 2 aliphatic rings. The van der Waals surface area contributed by atoms with Crippen molar-refractivity contribution in [2.75, 3.05) is 24.5 Å². The predicted octanol–water partition coefficient (Wildman–Crippen LogP) is 3.46. The lowest BCUT2D eigenvalue weighted by Crippen LogP contribution is -2.52. The predicted molar refractivity (Wildman–Crippen MR) is 130 cm³/mol. The second-order valence-electron chi connectivity index (χ2n) is 9.74. The Morgan fingerprint density at radius 3 is 2.62 bits per heavy atom. The topological polar surface area (TPSA) is 98.4 Å². The summed E-state index contributed by atoms with van der Waals surface area (Å²) in [5.41, 5.74) is 2.58. The minimum Gasteiger partial charge on any atom is -0.343 e. The molecule has 194 valence electrons. The molecule has 1 fully saturated rings. The number of nitrogens with one attached hydrogen (secondary N) is 2. The number of alkyl halides is 3. The van der Waals surface area contributed by atoms with Gasteiger partial charge in [0.1, 0.15) is 12.6 Å². The van der Waals surface area contributed by atoms with E-state index in [2.05, 4.69) is 10.2 Å². The van der Waals surface area contributed by atoms with Crippen molar-refractivity contribution in [2.24, 2.45) is 0 Å².